The van der Waals surface area contributed by atoms with E-state index in [-0.39, 0.29) is 18.5 Å². The van der Waals surface area contributed by atoms with Gasteiger partial charge in [-0.1, -0.05) is 0 Å². The lowest BCUT2D eigenvalue weighted by molar-refractivity contribution is -0.0176. The standard InChI is InChI=1S/C11H14BrFN2O2/c1-7-11(16,2-3-17-7)6-15-10-9(13)4-8(12)5-14-10/h4-5,7,16H,2-3,6H2,1H3,(H,14,15). The molecule has 1 aliphatic rings. The Morgan fingerprint density at radius 3 is 3.12 bits per heavy atom. The molecule has 0 saturated carbocycles. The number of aliphatic hydroxyl groups is 1. The van der Waals surface area contributed by atoms with Gasteiger partial charge in [0.25, 0.3) is 0 Å². The third-order valence-electron chi connectivity index (χ3n) is 3.03. The molecule has 0 aromatic carbocycles. The fourth-order valence-corrected chi connectivity index (χ4v) is 2.09. The van der Waals surface area contributed by atoms with E-state index in [1.165, 1.54) is 12.3 Å². The normalized spacial score (nSPS) is 28.4. The third-order valence-corrected chi connectivity index (χ3v) is 3.46. The van der Waals surface area contributed by atoms with Crippen molar-refractivity contribution in [1.29, 1.82) is 0 Å². The van der Waals surface area contributed by atoms with Gasteiger partial charge in [-0.25, -0.2) is 9.37 Å². The second kappa shape index (κ2) is 4.88. The molecule has 2 heterocycles. The molecular formula is C11H14BrFN2O2. The molecule has 2 rings (SSSR count). The molecule has 0 radical (unpaired) electrons. The van der Waals surface area contributed by atoms with E-state index in [0.29, 0.717) is 17.5 Å². The van der Waals surface area contributed by atoms with E-state index in [4.69, 9.17) is 4.74 Å². The third kappa shape index (κ3) is 2.75. The number of pyridine rings is 1. The van der Waals surface area contributed by atoms with Crippen molar-refractivity contribution in [2.45, 2.75) is 25.0 Å². The van der Waals surface area contributed by atoms with Crippen LogP contribution in [0.5, 0.6) is 0 Å². The van der Waals surface area contributed by atoms with Crippen molar-refractivity contribution in [2.24, 2.45) is 0 Å². The fraction of sp³-hybridized carbons (Fsp3) is 0.545. The molecule has 0 spiro atoms. The van der Waals surface area contributed by atoms with Gasteiger partial charge in [0.05, 0.1) is 6.10 Å². The molecule has 0 bridgehead atoms. The van der Waals surface area contributed by atoms with Crippen molar-refractivity contribution in [3.05, 3.63) is 22.6 Å². The molecule has 0 aliphatic carbocycles. The predicted octanol–water partition coefficient (Wildman–Crippen LogP) is 1.93. The SMILES string of the molecule is CC1OCCC1(O)CNc1ncc(Br)cc1F. The number of anilines is 1. The van der Waals surface area contributed by atoms with E-state index < -0.39 is 11.4 Å². The molecule has 4 nitrogen and oxygen atoms in total. The lowest BCUT2D eigenvalue weighted by atomic mass is 9.97. The number of aromatic nitrogens is 1. The van der Waals surface area contributed by atoms with Crippen molar-refractivity contribution >= 4 is 21.7 Å². The minimum Gasteiger partial charge on any atom is -0.385 e. The Morgan fingerprint density at radius 2 is 2.53 bits per heavy atom. The molecular weight excluding hydrogens is 291 g/mol. The summed E-state index contributed by atoms with van der Waals surface area (Å²) in [6, 6.07) is 1.33. The first kappa shape index (κ1) is 12.7. The van der Waals surface area contributed by atoms with Crippen LogP contribution in [-0.4, -0.2) is 34.9 Å². The number of halogens is 2. The average Bonchev–Trinajstić information content (AvgIpc) is 2.59. The fourth-order valence-electron chi connectivity index (χ4n) is 1.78. The highest BCUT2D eigenvalue weighted by atomic mass is 79.9. The van der Waals surface area contributed by atoms with E-state index in [1.54, 1.807) is 6.92 Å². The van der Waals surface area contributed by atoms with Gasteiger partial charge in [-0.2, -0.15) is 0 Å². The molecule has 94 valence electrons. The number of hydrogen-bond acceptors (Lipinski definition) is 4. The van der Waals surface area contributed by atoms with Crippen LogP contribution in [0.25, 0.3) is 0 Å². The molecule has 0 amide bonds. The lowest BCUT2D eigenvalue weighted by Crippen LogP contribution is -2.43. The van der Waals surface area contributed by atoms with Gasteiger partial charge in [0.2, 0.25) is 0 Å². The van der Waals surface area contributed by atoms with Crippen LogP contribution in [0.3, 0.4) is 0 Å². The van der Waals surface area contributed by atoms with Crippen LogP contribution in [0, 0.1) is 5.82 Å². The molecule has 17 heavy (non-hydrogen) atoms. The molecule has 2 atom stereocenters. The molecule has 1 aromatic heterocycles. The summed E-state index contributed by atoms with van der Waals surface area (Å²) in [7, 11) is 0. The number of ether oxygens (including phenoxy) is 1. The smallest absolute Gasteiger partial charge is 0.166 e. The van der Waals surface area contributed by atoms with Crippen molar-refractivity contribution in [1.82, 2.24) is 4.98 Å². The van der Waals surface area contributed by atoms with Crippen LogP contribution in [0.15, 0.2) is 16.7 Å². The summed E-state index contributed by atoms with van der Waals surface area (Å²) in [5.41, 5.74) is -0.957. The topological polar surface area (TPSA) is 54.4 Å². The highest BCUT2D eigenvalue weighted by Crippen LogP contribution is 2.26. The Balaban J connectivity index is 2.02. The Bertz CT molecular complexity index is 418. The number of rotatable bonds is 3. The number of nitrogens with zero attached hydrogens (tertiary/aromatic N) is 1. The monoisotopic (exact) mass is 304 g/mol. The van der Waals surface area contributed by atoms with E-state index in [9.17, 15) is 9.50 Å². The van der Waals surface area contributed by atoms with Crippen molar-refractivity contribution in [3.63, 3.8) is 0 Å². The maximum absolute atomic E-state index is 13.5. The minimum atomic E-state index is -0.957. The summed E-state index contributed by atoms with van der Waals surface area (Å²) in [6.07, 6.45) is 1.79. The Kier molecular flexibility index (Phi) is 3.65. The predicted molar refractivity (Wildman–Crippen MR) is 65.4 cm³/mol. The number of nitrogens with one attached hydrogen (secondary N) is 1. The summed E-state index contributed by atoms with van der Waals surface area (Å²) in [6.45, 7) is 2.55. The van der Waals surface area contributed by atoms with Gasteiger partial charge in [-0.3, -0.25) is 0 Å². The van der Waals surface area contributed by atoms with Crippen molar-refractivity contribution in [2.75, 3.05) is 18.5 Å². The maximum atomic E-state index is 13.5. The molecule has 6 heteroatoms. The zero-order valence-corrected chi connectivity index (χ0v) is 11.0. The molecule has 1 fully saturated rings. The van der Waals surface area contributed by atoms with Crippen LogP contribution in [0.1, 0.15) is 13.3 Å². The van der Waals surface area contributed by atoms with Gasteiger partial charge in [0.1, 0.15) is 5.60 Å². The first-order valence-electron chi connectivity index (χ1n) is 5.40. The summed E-state index contributed by atoms with van der Waals surface area (Å²) >= 11 is 3.13. The second-order valence-corrected chi connectivity index (χ2v) is 5.12. The van der Waals surface area contributed by atoms with E-state index in [2.05, 4.69) is 26.2 Å². The van der Waals surface area contributed by atoms with Crippen LogP contribution in [0.2, 0.25) is 0 Å². The first-order chi connectivity index (χ1) is 8.01. The van der Waals surface area contributed by atoms with E-state index in [1.807, 2.05) is 0 Å². The van der Waals surface area contributed by atoms with Crippen LogP contribution < -0.4 is 5.32 Å². The van der Waals surface area contributed by atoms with Gasteiger partial charge in [-0.15, -0.1) is 0 Å². The zero-order chi connectivity index (χ0) is 12.5. The minimum absolute atomic E-state index is 0.140. The Morgan fingerprint density at radius 1 is 1.76 bits per heavy atom. The number of hydrogen-bond donors (Lipinski definition) is 2. The average molecular weight is 305 g/mol. The van der Waals surface area contributed by atoms with Gasteiger partial charge in [-0.05, 0) is 28.9 Å². The van der Waals surface area contributed by atoms with Gasteiger partial charge in [0, 0.05) is 30.2 Å². The van der Waals surface area contributed by atoms with E-state index in [0.717, 1.165) is 0 Å². The van der Waals surface area contributed by atoms with Crippen molar-refractivity contribution in [3.8, 4) is 0 Å². The molecule has 1 aromatic rings. The first-order valence-corrected chi connectivity index (χ1v) is 6.19. The summed E-state index contributed by atoms with van der Waals surface area (Å²) in [5.74, 6) is -0.310. The summed E-state index contributed by atoms with van der Waals surface area (Å²) in [4.78, 5) is 3.91. The lowest BCUT2D eigenvalue weighted by Gasteiger charge is -2.26. The molecule has 1 saturated heterocycles. The van der Waals surface area contributed by atoms with Crippen molar-refractivity contribution < 1.29 is 14.2 Å². The summed E-state index contributed by atoms with van der Waals surface area (Å²) < 4.78 is 19.4. The van der Waals surface area contributed by atoms with Gasteiger partial charge in [0.15, 0.2) is 11.6 Å². The Hall–Kier alpha value is -0.720. The summed E-state index contributed by atoms with van der Waals surface area (Å²) in [5, 5.41) is 13.0. The van der Waals surface area contributed by atoms with Gasteiger partial charge >= 0.3 is 0 Å². The Labute approximate surface area is 107 Å². The maximum Gasteiger partial charge on any atom is 0.166 e. The van der Waals surface area contributed by atoms with E-state index >= 15 is 0 Å². The molecule has 2 N–H and O–H groups in total. The zero-order valence-electron chi connectivity index (χ0n) is 9.41. The highest BCUT2D eigenvalue weighted by Gasteiger charge is 2.39. The van der Waals surface area contributed by atoms with Gasteiger partial charge < -0.3 is 15.2 Å². The van der Waals surface area contributed by atoms with Crippen LogP contribution in [-0.2, 0) is 4.74 Å². The molecule has 1 aliphatic heterocycles. The second-order valence-electron chi connectivity index (χ2n) is 4.20. The quantitative estimate of drug-likeness (QED) is 0.896. The van der Waals surface area contributed by atoms with Crippen LogP contribution >= 0.6 is 15.9 Å². The van der Waals surface area contributed by atoms with Crippen LogP contribution in [0.4, 0.5) is 10.2 Å². The molecule has 2 unspecified atom stereocenters. The highest BCUT2D eigenvalue weighted by molar-refractivity contribution is 9.10. The largest absolute Gasteiger partial charge is 0.385 e.